The van der Waals surface area contributed by atoms with Crippen LogP contribution in [-0.4, -0.2) is 85.2 Å². The lowest BCUT2D eigenvalue weighted by molar-refractivity contribution is -0.140. The molecule has 2 amide bonds. The van der Waals surface area contributed by atoms with Crippen LogP contribution in [0.25, 0.3) is 11.4 Å². The lowest BCUT2D eigenvalue weighted by Gasteiger charge is -2.36. The van der Waals surface area contributed by atoms with Gasteiger partial charge in [-0.15, -0.1) is 5.10 Å². The van der Waals surface area contributed by atoms with Crippen LogP contribution in [0.15, 0.2) is 59.7 Å². The summed E-state index contributed by atoms with van der Waals surface area (Å²) in [5.74, 6) is -1.90. The molecular formula is C39H39F4N9O5. The molecule has 3 aromatic heterocycles. The SMILES string of the molecule is CCc1c(N2CCN(C(=O)c3ncnc(C)c3OCc3ccccc3)CC2)c(=O)n2nc(C3=CCOCC3)nc2n1CC(=O)Nc1ccc(C(F)(F)F)c(F)c1C. The fourth-order valence-electron chi connectivity index (χ4n) is 6.97. The highest BCUT2D eigenvalue weighted by Gasteiger charge is 2.35. The number of anilines is 2. The van der Waals surface area contributed by atoms with Gasteiger partial charge in [-0.25, -0.2) is 14.4 Å². The zero-order valence-corrected chi connectivity index (χ0v) is 31.4. The smallest absolute Gasteiger partial charge is 0.419 e. The Bertz CT molecular complexity index is 2420. The normalized spacial score (nSPS) is 14.8. The number of hydrogen-bond acceptors (Lipinski definition) is 10. The number of rotatable bonds is 10. The number of nitrogens with zero attached hydrogens (tertiary/aromatic N) is 8. The number of piperazine rings is 1. The Morgan fingerprint density at radius 3 is 2.46 bits per heavy atom. The minimum atomic E-state index is -4.91. The van der Waals surface area contributed by atoms with Crippen molar-refractivity contribution in [2.75, 3.05) is 49.6 Å². The van der Waals surface area contributed by atoms with Crippen molar-refractivity contribution in [2.24, 2.45) is 0 Å². The van der Waals surface area contributed by atoms with Gasteiger partial charge in [0, 0.05) is 37.4 Å². The van der Waals surface area contributed by atoms with Gasteiger partial charge in [0.05, 0.1) is 30.2 Å². The number of benzene rings is 2. The van der Waals surface area contributed by atoms with Gasteiger partial charge >= 0.3 is 6.18 Å². The van der Waals surface area contributed by atoms with Crippen LogP contribution >= 0.6 is 0 Å². The Hall–Kier alpha value is -6.17. The van der Waals surface area contributed by atoms with Gasteiger partial charge in [0.15, 0.2) is 17.3 Å². The number of amides is 2. The van der Waals surface area contributed by atoms with E-state index >= 15 is 0 Å². The minimum Gasteiger partial charge on any atom is -0.485 e. The van der Waals surface area contributed by atoms with E-state index in [0.29, 0.717) is 37.1 Å². The predicted molar refractivity (Wildman–Crippen MR) is 200 cm³/mol. The van der Waals surface area contributed by atoms with E-state index < -0.39 is 35.6 Å². The summed E-state index contributed by atoms with van der Waals surface area (Å²) in [5.41, 5.74) is 0.564. The lowest BCUT2D eigenvalue weighted by Crippen LogP contribution is -2.51. The molecule has 2 aromatic carbocycles. The molecule has 2 aliphatic heterocycles. The quantitative estimate of drug-likeness (QED) is 0.192. The maximum absolute atomic E-state index is 14.8. The van der Waals surface area contributed by atoms with Crippen LogP contribution in [0.2, 0.25) is 0 Å². The number of ether oxygens (including phenoxy) is 2. The van der Waals surface area contributed by atoms with Crippen LogP contribution < -0.4 is 20.5 Å². The van der Waals surface area contributed by atoms with Crippen LogP contribution in [0, 0.1) is 19.7 Å². The third-order valence-electron chi connectivity index (χ3n) is 9.97. The van der Waals surface area contributed by atoms with Crippen molar-refractivity contribution in [3.63, 3.8) is 0 Å². The fraction of sp³-hybridized carbons (Fsp3) is 0.359. The van der Waals surface area contributed by atoms with E-state index in [2.05, 4.69) is 25.4 Å². The Morgan fingerprint density at radius 2 is 1.77 bits per heavy atom. The molecule has 2 aliphatic rings. The molecule has 1 fully saturated rings. The van der Waals surface area contributed by atoms with Gasteiger partial charge in [-0.2, -0.15) is 22.7 Å². The first kappa shape index (κ1) is 39.1. The number of aromatic nitrogens is 6. The van der Waals surface area contributed by atoms with Crippen molar-refractivity contribution in [1.82, 2.24) is 34.0 Å². The van der Waals surface area contributed by atoms with Crippen LogP contribution in [-0.2, 0) is 35.3 Å². The Morgan fingerprint density at radius 1 is 1.02 bits per heavy atom. The zero-order valence-electron chi connectivity index (χ0n) is 31.4. The summed E-state index contributed by atoms with van der Waals surface area (Å²) in [5, 5.41) is 7.09. The molecular weight excluding hydrogens is 750 g/mol. The first-order valence-corrected chi connectivity index (χ1v) is 18.3. The lowest BCUT2D eigenvalue weighted by atomic mass is 10.1. The molecule has 0 saturated carbocycles. The van der Waals surface area contributed by atoms with Crippen molar-refractivity contribution in [3.05, 3.63) is 111 Å². The highest BCUT2D eigenvalue weighted by molar-refractivity contribution is 5.95. The van der Waals surface area contributed by atoms with Crippen molar-refractivity contribution < 1.29 is 36.6 Å². The molecule has 0 atom stereocenters. The third kappa shape index (κ3) is 7.94. The van der Waals surface area contributed by atoms with E-state index in [-0.39, 0.29) is 85.1 Å². The molecule has 298 valence electrons. The van der Waals surface area contributed by atoms with E-state index in [0.717, 1.165) is 28.6 Å². The number of fused-ring (bicyclic) bond motifs is 1. The van der Waals surface area contributed by atoms with E-state index in [4.69, 9.17) is 9.47 Å². The molecule has 0 unspecified atom stereocenters. The summed E-state index contributed by atoms with van der Waals surface area (Å²) in [6, 6.07) is 11.1. The van der Waals surface area contributed by atoms with Crippen LogP contribution in [0.1, 0.15) is 57.7 Å². The molecule has 0 aliphatic carbocycles. The first-order chi connectivity index (χ1) is 27.3. The summed E-state index contributed by atoms with van der Waals surface area (Å²) < 4.78 is 68.9. The zero-order chi connectivity index (χ0) is 40.4. The molecule has 5 heterocycles. The number of alkyl halides is 3. The van der Waals surface area contributed by atoms with E-state index in [1.807, 2.05) is 48.2 Å². The summed E-state index contributed by atoms with van der Waals surface area (Å²) in [7, 11) is 0. The van der Waals surface area contributed by atoms with Gasteiger partial charge < -0.3 is 29.2 Å². The third-order valence-corrected chi connectivity index (χ3v) is 9.97. The highest BCUT2D eigenvalue weighted by atomic mass is 19.4. The van der Waals surface area contributed by atoms with Gasteiger partial charge in [-0.3, -0.25) is 14.4 Å². The molecule has 0 radical (unpaired) electrons. The van der Waals surface area contributed by atoms with E-state index in [1.165, 1.54) is 10.9 Å². The molecule has 0 spiro atoms. The second kappa shape index (κ2) is 16.1. The molecule has 0 bridgehead atoms. The minimum absolute atomic E-state index is 0.0736. The number of aryl methyl sites for hydroxylation is 1. The van der Waals surface area contributed by atoms with Crippen molar-refractivity contribution >= 4 is 34.5 Å². The summed E-state index contributed by atoms with van der Waals surface area (Å²) >= 11 is 0. The Balaban J connectivity index is 1.18. The molecule has 18 heteroatoms. The first-order valence-electron chi connectivity index (χ1n) is 18.3. The number of hydrogen-bond donors (Lipinski definition) is 1. The van der Waals surface area contributed by atoms with Gasteiger partial charge in [-0.05, 0) is 50.0 Å². The Labute approximate surface area is 323 Å². The monoisotopic (exact) mass is 789 g/mol. The molecule has 14 nitrogen and oxygen atoms in total. The number of nitrogens with one attached hydrogen (secondary N) is 1. The maximum atomic E-state index is 14.8. The number of carbonyl (C=O) groups is 2. The summed E-state index contributed by atoms with van der Waals surface area (Å²) in [6.45, 7) is 6.16. The van der Waals surface area contributed by atoms with Gasteiger partial charge in [0.1, 0.15) is 31.0 Å². The van der Waals surface area contributed by atoms with Gasteiger partial charge in [0.25, 0.3) is 11.5 Å². The summed E-state index contributed by atoms with van der Waals surface area (Å²) in [6.07, 6.45) is -1.02. The second-order valence-electron chi connectivity index (χ2n) is 13.6. The summed E-state index contributed by atoms with van der Waals surface area (Å²) in [4.78, 5) is 58.5. The van der Waals surface area contributed by atoms with Gasteiger partial charge in [-0.1, -0.05) is 43.3 Å². The van der Waals surface area contributed by atoms with Crippen molar-refractivity contribution in [3.8, 4) is 5.75 Å². The average Bonchev–Trinajstić information content (AvgIpc) is 3.66. The van der Waals surface area contributed by atoms with Crippen LogP contribution in [0.5, 0.6) is 5.75 Å². The molecule has 1 saturated heterocycles. The van der Waals surface area contributed by atoms with E-state index in [9.17, 15) is 31.9 Å². The van der Waals surface area contributed by atoms with Crippen molar-refractivity contribution in [2.45, 2.75) is 52.9 Å². The average molecular weight is 790 g/mol. The molecule has 7 rings (SSSR count). The molecule has 1 N–H and O–H groups in total. The predicted octanol–water partition coefficient (Wildman–Crippen LogP) is 5.00. The highest BCUT2D eigenvalue weighted by Crippen LogP contribution is 2.35. The molecule has 57 heavy (non-hydrogen) atoms. The van der Waals surface area contributed by atoms with Gasteiger partial charge in [0.2, 0.25) is 11.7 Å². The standard InChI is InChI=1S/C39H39F4N9O5/c1-4-29-33(49-14-16-50(17-15-49)36(54)32-34(24(3)44-22-45-32)57-21-25-8-6-5-7-9-25)37(55)52-38(47-35(48-52)26-12-18-56-19-13-26)51(29)20-30(53)46-28-11-10-27(39(41,42)43)31(40)23(28)2/h5-12,22H,4,13-21H2,1-3H3,(H,46,53). The largest absolute Gasteiger partial charge is 0.485 e. The van der Waals surface area contributed by atoms with Crippen LogP contribution in [0.3, 0.4) is 0 Å². The maximum Gasteiger partial charge on any atom is 0.419 e. The number of carbonyl (C=O) groups excluding carboxylic acids is 2. The molecule has 5 aromatic rings. The fourth-order valence-corrected chi connectivity index (χ4v) is 6.97. The second-order valence-corrected chi connectivity index (χ2v) is 13.6. The van der Waals surface area contributed by atoms with Crippen molar-refractivity contribution in [1.29, 1.82) is 0 Å². The van der Waals surface area contributed by atoms with E-state index in [1.54, 1.807) is 11.8 Å². The Kier molecular flexibility index (Phi) is 11.1. The van der Waals surface area contributed by atoms with Crippen LogP contribution in [0.4, 0.5) is 28.9 Å². The number of halogens is 4. The topological polar surface area (TPSA) is 149 Å².